The molecule has 0 spiro atoms. The fourth-order valence-corrected chi connectivity index (χ4v) is 4.40. The van der Waals surface area contributed by atoms with Crippen LogP contribution >= 0.6 is 23.2 Å². The summed E-state index contributed by atoms with van der Waals surface area (Å²) in [5, 5.41) is 15.7. The molecule has 2 aliphatic rings. The number of fused-ring (bicyclic) bond motifs is 3. The van der Waals surface area contributed by atoms with Gasteiger partial charge in [-0.3, -0.25) is 10.1 Å². The number of nitro groups is 1. The van der Waals surface area contributed by atoms with E-state index in [1.165, 1.54) is 0 Å². The molecule has 4 rings (SSSR count). The summed E-state index contributed by atoms with van der Waals surface area (Å²) in [4.78, 5) is 10.5. The van der Waals surface area contributed by atoms with Crippen LogP contribution < -0.4 is 5.32 Å². The second kappa shape index (κ2) is 5.80. The lowest BCUT2D eigenvalue weighted by atomic mass is 9.77. The summed E-state index contributed by atoms with van der Waals surface area (Å²) >= 11 is 12.6. The smallest absolute Gasteiger partial charge is 0.269 e. The Morgan fingerprint density at radius 1 is 1.17 bits per heavy atom. The number of halogens is 2. The number of nitro benzene ring substituents is 1. The molecule has 0 fully saturated rings. The molecule has 6 heteroatoms. The van der Waals surface area contributed by atoms with Gasteiger partial charge in [0.25, 0.3) is 5.69 Å². The van der Waals surface area contributed by atoms with Crippen LogP contribution in [0.2, 0.25) is 10.0 Å². The molecular formula is C18H14Cl2N2O2. The van der Waals surface area contributed by atoms with E-state index in [1.807, 2.05) is 18.2 Å². The normalized spacial score (nSPS) is 24.2. The second-order valence-corrected chi connectivity index (χ2v) is 7.02. The molecule has 0 bridgehead atoms. The number of anilines is 1. The van der Waals surface area contributed by atoms with Crippen LogP contribution in [0.25, 0.3) is 0 Å². The predicted octanol–water partition coefficient (Wildman–Crippen LogP) is 5.73. The summed E-state index contributed by atoms with van der Waals surface area (Å²) in [6.07, 6.45) is 5.32. The van der Waals surface area contributed by atoms with Crippen molar-refractivity contribution >= 4 is 34.6 Å². The van der Waals surface area contributed by atoms with E-state index in [2.05, 4.69) is 17.5 Å². The molecule has 1 aliphatic heterocycles. The van der Waals surface area contributed by atoms with Crippen LogP contribution in [0, 0.1) is 16.0 Å². The van der Waals surface area contributed by atoms with E-state index in [4.69, 9.17) is 23.2 Å². The highest BCUT2D eigenvalue weighted by molar-refractivity contribution is 6.35. The van der Waals surface area contributed by atoms with Gasteiger partial charge < -0.3 is 5.32 Å². The number of rotatable bonds is 2. The average Bonchev–Trinajstić information content (AvgIpc) is 3.02. The Labute approximate surface area is 149 Å². The van der Waals surface area contributed by atoms with Crippen molar-refractivity contribution in [2.75, 3.05) is 5.32 Å². The lowest BCUT2D eigenvalue weighted by Crippen LogP contribution is -2.29. The highest BCUT2D eigenvalue weighted by Gasteiger charge is 2.39. The molecule has 122 valence electrons. The molecule has 1 N–H and O–H groups in total. The van der Waals surface area contributed by atoms with Gasteiger partial charge in [0.05, 0.1) is 11.0 Å². The Morgan fingerprint density at radius 3 is 2.62 bits per heavy atom. The fraction of sp³-hybridized carbons (Fsp3) is 0.222. The number of nitrogens with one attached hydrogen (secondary N) is 1. The third kappa shape index (κ3) is 2.46. The van der Waals surface area contributed by atoms with E-state index in [1.54, 1.807) is 18.2 Å². The van der Waals surface area contributed by atoms with Gasteiger partial charge in [0.2, 0.25) is 0 Å². The zero-order valence-corrected chi connectivity index (χ0v) is 14.1. The van der Waals surface area contributed by atoms with Crippen LogP contribution in [-0.2, 0) is 0 Å². The van der Waals surface area contributed by atoms with Crippen molar-refractivity contribution in [1.82, 2.24) is 0 Å². The van der Waals surface area contributed by atoms with Gasteiger partial charge in [-0.1, -0.05) is 47.5 Å². The molecule has 0 saturated carbocycles. The zero-order valence-electron chi connectivity index (χ0n) is 12.6. The Balaban J connectivity index is 1.76. The molecule has 2 aromatic rings. The topological polar surface area (TPSA) is 55.2 Å². The molecule has 2 aromatic carbocycles. The van der Waals surface area contributed by atoms with Crippen LogP contribution in [0.1, 0.15) is 29.5 Å². The maximum Gasteiger partial charge on any atom is 0.269 e. The molecule has 0 unspecified atom stereocenters. The standard InChI is InChI=1S/C18H14Cl2N2O2/c19-11-8-15(20)17-13-2-1-3-14(13)18(21-16(17)9-11)10-4-6-12(7-5-10)22(23)24/h1-2,4-9,13-14,18,21H,3H2/t13-,14-,18-/m0/s1. The van der Waals surface area contributed by atoms with Gasteiger partial charge in [0, 0.05) is 39.3 Å². The maximum atomic E-state index is 10.9. The largest absolute Gasteiger partial charge is 0.378 e. The Bertz CT molecular complexity index is 849. The van der Waals surface area contributed by atoms with E-state index in [-0.39, 0.29) is 22.6 Å². The third-order valence-electron chi connectivity index (χ3n) is 4.84. The van der Waals surface area contributed by atoms with E-state index < -0.39 is 0 Å². The Hall–Kier alpha value is -2.04. The van der Waals surface area contributed by atoms with Crippen LogP contribution in [0.15, 0.2) is 48.6 Å². The van der Waals surface area contributed by atoms with E-state index >= 15 is 0 Å². The number of non-ortho nitro benzene ring substituents is 1. The minimum absolute atomic E-state index is 0.0628. The van der Waals surface area contributed by atoms with Gasteiger partial charge in [0.1, 0.15) is 0 Å². The van der Waals surface area contributed by atoms with Crippen LogP contribution in [0.3, 0.4) is 0 Å². The van der Waals surface area contributed by atoms with Crippen molar-refractivity contribution in [3.05, 3.63) is 79.8 Å². The molecule has 1 heterocycles. The summed E-state index contributed by atoms with van der Waals surface area (Å²) in [5.41, 5.74) is 3.14. The summed E-state index contributed by atoms with van der Waals surface area (Å²) in [5.74, 6) is 0.559. The number of hydrogen-bond donors (Lipinski definition) is 1. The van der Waals surface area contributed by atoms with Crippen molar-refractivity contribution < 1.29 is 4.92 Å². The first-order valence-corrected chi connectivity index (χ1v) is 8.46. The predicted molar refractivity (Wildman–Crippen MR) is 95.9 cm³/mol. The SMILES string of the molecule is O=[N+]([O-])c1ccc([C@@H]2Nc3cc(Cl)cc(Cl)c3[C@H]3C=CC[C@@H]32)cc1. The quantitative estimate of drug-likeness (QED) is 0.422. The zero-order chi connectivity index (χ0) is 16.8. The summed E-state index contributed by atoms with van der Waals surface area (Å²) in [6.45, 7) is 0. The molecule has 24 heavy (non-hydrogen) atoms. The molecule has 4 nitrogen and oxygen atoms in total. The Kier molecular flexibility index (Phi) is 3.74. The van der Waals surface area contributed by atoms with Gasteiger partial charge in [-0.15, -0.1) is 0 Å². The molecular weight excluding hydrogens is 347 g/mol. The minimum Gasteiger partial charge on any atom is -0.378 e. The van der Waals surface area contributed by atoms with Crippen LogP contribution in [0.4, 0.5) is 11.4 Å². The van der Waals surface area contributed by atoms with Crippen molar-refractivity contribution in [1.29, 1.82) is 0 Å². The van der Waals surface area contributed by atoms with E-state index in [0.29, 0.717) is 16.0 Å². The number of nitrogens with zero attached hydrogens (tertiary/aromatic N) is 1. The van der Waals surface area contributed by atoms with E-state index in [9.17, 15) is 10.1 Å². The number of allylic oxidation sites excluding steroid dienone is 2. The van der Waals surface area contributed by atoms with Crippen LogP contribution in [0.5, 0.6) is 0 Å². The summed E-state index contributed by atoms with van der Waals surface area (Å²) in [7, 11) is 0. The van der Waals surface area contributed by atoms with Gasteiger partial charge in [0.15, 0.2) is 0 Å². The first-order valence-electron chi connectivity index (χ1n) is 7.71. The molecule has 0 aromatic heterocycles. The van der Waals surface area contributed by atoms with Gasteiger partial charge in [-0.2, -0.15) is 0 Å². The lowest BCUT2D eigenvalue weighted by molar-refractivity contribution is -0.384. The van der Waals surface area contributed by atoms with Crippen molar-refractivity contribution in [3.8, 4) is 0 Å². The second-order valence-electron chi connectivity index (χ2n) is 6.17. The maximum absolute atomic E-state index is 10.9. The third-order valence-corrected chi connectivity index (χ3v) is 5.37. The first-order chi connectivity index (χ1) is 11.5. The van der Waals surface area contributed by atoms with E-state index in [0.717, 1.165) is 23.2 Å². The highest BCUT2D eigenvalue weighted by Crippen LogP contribution is 2.52. The number of hydrogen-bond acceptors (Lipinski definition) is 3. The molecule has 0 radical (unpaired) electrons. The minimum atomic E-state index is -0.382. The van der Waals surface area contributed by atoms with Gasteiger partial charge in [-0.05, 0) is 30.0 Å². The lowest BCUT2D eigenvalue weighted by Gasteiger charge is -2.38. The monoisotopic (exact) mass is 360 g/mol. The van der Waals surface area contributed by atoms with Gasteiger partial charge in [-0.25, -0.2) is 0 Å². The molecule has 0 amide bonds. The number of benzene rings is 2. The highest BCUT2D eigenvalue weighted by atomic mass is 35.5. The summed E-state index contributed by atoms with van der Waals surface area (Å²) < 4.78 is 0. The molecule has 0 saturated heterocycles. The molecule has 1 aliphatic carbocycles. The Morgan fingerprint density at radius 2 is 1.92 bits per heavy atom. The van der Waals surface area contributed by atoms with Crippen LogP contribution in [-0.4, -0.2) is 4.92 Å². The average molecular weight is 361 g/mol. The van der Waals surface area contributed by atoms with Crippen molar-refractivity contribution in [2.45, 2.75) is 18.4 Å². The van der Waals surface area contributed by atoms with Crippen molar-refractivity contribution in [3.63, 3.8) is 0 Å². The molecule has 3 atom stereocenters. The van der Waals surface area contributed by atoms with Crippen molar-refractivity contribution in [2.24, 2.45) is 5.92 Å². The summed E-state index contributed by atoms with van der Waals surface area (Å²) in [6, 6.07) is 10.5. The first kappa shape index (κ1) is 15.5. The fourth-order valence-electron chi connectivity index (χ4n) is 3.78. The van der Waals surface area contributed by atoms with Gasteiger partial charge >= 0.3 is 0 Å².